The van der Waals surface area contributed by atoms with Gasteiger partial charge in [0.25, 0.3) is 0 Å². The van der Waals surface area contributed by atoms with Gasteiger partial charge in [0.2, 0.25) is 0 Å². The Morgan fingerprint density at radius 1 is 0.650 bits per heavy atom. The number of rotatable bonds is 6. The van der Waals surface area contributed by atoms with E-state index in [0.717, 1.165) is 17.8 Å². The lowest BCUT2D eigenvalue weighted by molar-refractivity contribution is 0.577. The molecule has 3 atom stereocenters. The Kier molecular flexibility index (Phi) is 6.51. The van der Waals surface area contributed by atoms with Crippen LogP contribution in [0.15, 0.2) is 169 Å². The van der Waals surface area contributed by atoms with E-state index in [2.05, 4.69) is 168 Å². The molecule has 0 heterocycles. The molecule has 2 heteroatoms. The van der Waals surface area contributed by atoms with Crippen LogP contribution in [0.1, 0.15) is 6.42 Å². The Balaban J connectivity index is 1.20. The smallest absolute Gasteiger partial charge is 0.0558 e. The lowest BCUT2D eigenvalue weighted by atomic mass is 9.81. The minimum atomic E-state index is 0.214. The van der Waals surface area contributed by atoms with Gasteiger partial charge in [0, 0.05) is 34.6 Å². The van der Waals surface area contributed by atoms with E-state index in [1.165, 1.54) is 33.3 Å². The Hall–Kier alpha value is -4.82. The first-order valence-electron chi connectivity index (χ1n) is 14.1. The molecular formula is C38H32N2. The van der Waals surface area contributed by atoms with Gasteiger partial charge in [-0.05, 0) is 64.7 Å². The zero-order valence-corrected chi connectivity index (χ0v) is 22.4. The van der Waals surface area contributed by atoms with E-state index in [4.69, 9.17) is 0 Å². The van der Waals surface area contributed by atoms with Gasteiger partial charge in [-0.2, -0.15) is 0 Å². The van der Waals surface area contributed by atoms with Crippen LogP contribution >= 0.6 is 0 Å². The fraction of sp³-hybridized carbons (Fsp3) is 0.105. The largest absolute Gasteiger partial charge is 0.356 e. The summed E-state index contributed by atoms with van der Waals surface area (Å²) in [6, 6.07) is 34.9. The standard InChI is InChI=1S/C38H32N2/c1-2-10-28(11-3-1)32-16-8-17-36(27-32)40(38-19-9-15-30-13-6-7-18-37(30)38)35-24-22-33(23-25-35)39-34-21-20-29-12-4-5-14-31(29)26-34/h1-24,26-27,30,35,37,39H,25H2. The zero-order valence-electron chi connectivity index (χ0n) is 22.4. The molecule has 0 saturated heterocycles. The van der Waals surface area contributed by atoms with Crippen molar-refractivity contribution in [2.24, 2.45) is 11.8 Å². The van der Waals surface area contributed by atoms with Crippen LogP contribution in [0, 0.1) is 11.8 Å². The van der Waals surface area contributed by atoms with Crippen molar-refractivity contribution in [2.75, 3.05) is 10.2 Å². The summed E-state index contributed by atoms with van der Waals surface area (Å²) in [6.45, 7) is 0. The maximum absolute atomic E-state index is 3.64. The number of hydrogen-bond donors (Lipinski definition) is 1. The number of allylic oxidation sites excluding steroid dienone is 8. The summed E-state index contributed by atoms with van der Waals surface area (Å²) in [6.07, 6.45) is 23.7. The molecule has 4 aromatic rings. The molecule has 3 unspecified atom stereocenters. The van der Waals surface area contributed by atoms with Crippen LogP contribution in [0.25, 0.3) is 21.9 Å². The molecule has 1 N–H and O–H groups in total. The van der Waals surface area contributed by atoms with Crippen LogP contribution in [0.4, 0.5) is 11.4 Å². The van der Waals surface area contributed by atoms with Gasteiger partial charge in [-0.25, -0.2) is 0 Å². The predicted molar refractivity (Wildman–Crippen MR) is 170 cm³/mol. The summed E-state index contributed by atoms with van der Waals surface area (Å²) in [5.41, 5.74) is 7.29. The summed E-state index contributed by atoms with van der Waals surface area (Å²) >= 11 is 0. The third-order valence-electron chi connectivity index (χ3n) is 8.08. The number of benzene rings is 4. The molecule has 4 aromatic carbocycles. The van der Waals surface area contributed by atoms with Gasteiger partial charge < -0.3 is 10.2 Å². The molecule has 0 aliphatic heterocycles. The Morgan fingerprint density at radius 2 is 1.45 bits per heavy atom. The number of hydrogen-bond acceptors (Lipinski definition) is 2. The van der Waals surface area contributed by atoms with E-state index in [0.29, 0.717) is 11.8 Å². The van der Waals surface area contributed by atoms with Crippen LogP contribution in [0.2, 0.25) is 0 Å². The quantitative estimate of drug-likeness (QED) is 0.275. The fourth-order valence-electron chi connectivity index (χ4n) is 6.06. The fourth-order valence-corrected chi connectivity index (χ4v) is 6.06. The maximum Gasteiger partial charge on any atom is 0.0558 e. The number of nitrogens with one attached hydrogen (secondary N) is 1. The lowest BCUT2D eigenvalue weighted by Gasteiger charge is -2.40. The predicted octanol–water partition coefficient (Wildman–Crippen LogP) is 9.45. The maximum atomic E-state index is 3.64. The van der Waals surface area contributed by atoms with Crippen LogP contribution in [0.3, 0.4) is 0 Å². The second-order valence-electron chi connectivity index (χ2n) is 10.6. The first kappa shape index (κ1) is 24.2. The van der Waals surface area contributed by atoms with E-state index in [-0.39, 0.29) is 6.04 Å². The molecule has 0 amide bonds. The monoisotopic (exact) mass is 516 g/mol. The molecule has 194 valence electrons. The summed E-state index contributed by atoms with van der Waals surface area (Å²) < 4.78 is 0. The van der Waals surface area contributed by atoms with Crippen LogP contribution in [0.5, 0.6) is 0 Å². The highest BCUT2D eigenvalue weighted by Crippen LogP contribution is 2.39. The molecular weight excluding hydrogens is 484 g/mol. The van der Waals surface area contributed by atoms with Gasteiger partial charge in [0.05, 0.1) is 6.04 Å². The van der Waals surface area contributed by atoms with Gasteiger partial charge in [0.15, 0.2) is 0 Å². The lowest BCUT2D eigenvalue weighted by Crippen LogP contribution is -2.38. The second kappa shape index (κ2) is 10.7. The minimum Gasteiger partial charge on any atom is -0.356 e. The highest BCUT2D eigenvalue weighted by Gasteiger charge is 2.31. The van der Waals surface area contributed by atoms with Crippen LogP contribution < -0.4 is 10.2 Å². The van der Waals surface area contributed by atoms with Gasteiger partial charge in [-0.15, -0.1) is 0 Å². The van der Waals surface area contributed by atoms with E-state index < -0.39 is 0 Å². The van der Waals surface area contributed by atoms with Crippen LogP contribution in [-0.2, 0) is 0 Å². The van der Waals surface area contributed by atoms with E-state index in [1.807, 2.05) is 0 Å². The normalized spacial score (nSPS) is 21.1. The van der Waals surface area contributed by atoms with Crippen molar-refractivity contribution in [1.29, 1.82) is 0 Å². The van der Waals surface area contributed by atoms with E-state index in [1.54, 1.807) is 0 Å². The summed E-state index contributed by atoms with van der Waals surface area (Å²) in [4.78, 5) is 2.55. The van der Waals surface area contributed by atoms with Crippen molar-refractivity contribution < 1.29 is 0 Å². The average Bonchev–Trinajstić information content (AvgIpc) is 3.03. The topological polar surface area (TPSA) is 15.3 Å². The minimum absolute atomic E-state index is 0.214. The Labute approximate surface area is 236 Å². The van der Waals surface area contributed by atoms with E-state index >= 15 is 0 Å². The summed E-state index contributed by atoms with van der Waals surface area (Å²) in [5, 5.41) is 6.14. The van der Waals surface area contributed by atoms with E-state index in [9.17, 15) is 0 Å². The molecule has 0 radical (unpaired) electrons. The molecule has 2 nitrogen and oxygen atoms in total. The summed E-state index contributed by atoms with van der Waals surface area (Å²) in [7, 11) is 0. The Morgan fingerprint density at radius 3 is 2.33 bits per heavy atom. The third-order valence-corrected chi connectivity index (χ3v) is 8.08. The van der Waals surface area contributed by atoms with Crippen molar-refractivity contribution in [3.8, 4) is 11.1 Å². The SMILES string of the molecule is C1=CC2C=CC=C(N(c3cccc(-c4ccccc4)c3)C3C=CC(Nc4ccc5ccccc5c4)=CC3)C2C=C1. The third kappa shape index (κ3) is 4.85. The van der Waals surface area contributed by atoms with Crippen LogP contribution in [-0.4, -0.2) is 6.04 Å². The zero-order chi connectivity index (χ0) is 26.7. The highest BCUT2D eigenvalue weighted by molar-refractivity contribution is 5.86. The van der Waals surface area contributed by atoms with Gasteiger partial charge in [0.1, 0.15) is 0 Å². The number of anilines is 2. The number of fused-ring (bicyclic) bond motifs is 2. The van der Waals surface area contributed by atoms with Crippen molar-refractivity contribution in [2.45, 2.75) is 12.5 Å². The van der Waals surface area contributed by atoms with Crippen molar-refractivity contribution in [3.63, 3.8) is 0 Å². The number of nitrogens with zero attached hydrogens (tertiary/aromatic N) is 1. The molecule has 0 saturated carbocycles. The van der Waals surface area contributed by atoms with Gasteiger partial charge in [-0.1, -0.05) is 121 Å². The first-order chi connectivity index (χ1) is 19.8. The second-order valence-corrected chi connectivity index (χ2v) is 10.6. The average molecular weight is 517 g/mol. The highest BCUT2D eigenvalue weighted by atomic mass is 15.2. The van der Waals surface area contributed by atoms with Gasteiger partial charge >= 0.3 is 0 Å². The van der Waals surface area contributed by atoms with Crippen molar-refractivity contribution >= 4 is 22.1 Å². The molecule has 7 rings (SSSR count). The first-order valence-corrected chi connectivity index (χ1v) is 14.1. The molecule has 3 aliphatic carbocycles. The molecule has 0 aromatic heterocycles. The van der Waals surface area contributed by atoms with Crippen molar-refractivity contribution in [3.05, 3.63) is 169 Å². The molecule has 0 spiro atoms. The molecule has 0 bridgehead atoms. The van der Waals surface area contributed by atoms with Crippen molar-refractivity contribution in [1.82, 2.24) is 0 Å². The molecule has 0 fully saturated rings. The molecule has 40 heavy (non-hydrogen) atoms. The Bertz CT molecular complexity index is 1720. The summed E-state index contributed by atoms with van der Waals surface area (Å²) in [5.74, 6) is 0.711. The molecule has 3 aliphatic rings. The van der Waals surface area contributed by atoms with Gasteiger partial charge in [-0.3, -0.25) is 0 Å².